The van der Waals surface area contributed by atoms with Crippen molar-refractivity contribution in [3.8, 4) is 0 Å². The number of likely N-dealkylation sites (tertiary alicyclic amines) is 1. The lowest BCUT2D eigenvalue weighted by atomic mass is 10.1. The van der Waals surface area contributed by atoms with Crippen molar-refractivity contribution >= 4 is 6.08 Å². The van der Waals surface area contributed by atoms with Crippen LogP contribution in [0.4, 0.5) is 0 Å². The molecule has 1 aliphatic rings. The van der Waals surface area contributed by atoms with Crippen molar-refractivity contribution in [2.24, 2.45) is 0 Å². The van der Waals surface area contributed by atoms with Gasteiger partial charge in [0.25, 0.3) is 0 Å². The van der Waals surface area contributed by atoms with Gasteiger partial charge in [0.1, 0.15) is 0 Å². The molecule has 0 aliphatic carbocycles. The van der Waals surface area contributed by atoms with E-state index in [-0.39, 0.29) is 6.04 Å². The smallest absolute Gasteiger partial charge is 0.0709 e. The Bertz CT molecular complexity index is 581. The first-order chi connectivity index (χ1) is 10.3. The molecule has 0 bridgehead atoms. The van der Waals surface area contributed by atoms with E-state index in [4.69, 9.17) is 0 Å². The van der Waals surface area contributed by atoms with E-state index in [2.05, 4.69) is 65.4 Å². The fraction of sp³-hybridized carbons (Fsp3) is 0.316. The van der Waals surface area contributed by atoms with Gasteiger partial charge in [0.05, 0.1) is 11.7 Å². The largest absolute Gasteiger partial charge is 0.292 e. The zero-order valence-corrected chi connectivity index (χ0v) is 12.6. The standard InChI is InChI=1S/C19H22N2/c1-16-7-9-17(10-8-16)11-12-19(21-14-4-5-15-21)18-6-2-3-13-20-18/h2-3,6-13,19H,4-5,14-15H2,1H3. The van der Waals surface area contributed by atoms with Gasteiger partial charge < -0.3 is 0 Å². The Morgan fingerprint density at radius 3 is 2.48 bits per heavy atom. The predicted molar refractivity (Wildman–Crippen MR) is 88.0 cm³/mol. The molecule has 0 saturated carbocycles. The normalized spacial score (nSPS) is 17.4. The third-order valence-corrected chi connectivity index (χ3v) is 4.07. The monoisotopic (exact) mass is 278 g/mol. The molecule has 1 aromatic heterocycles. The number of hydrogen-bond acceptors (Lipinski definition) is 2. The summed E-state index contributed by atoms with van der Waals surface area (Å²) < 4.78 is 0. The zero-order valence-electron chi connectivity index (χ0n) is 12.6. The fourth-order valence-electron chi connectivity index (χ4n) is 2.86. The molecule has 0 amide bonds. The van der Waals surface area contributed by atoms with Crippen LogP contribution in [0.15, 0.2) is 54.7 Å². The quantitative estimate of drug-likeness (QED) is 0.831. The van der Waals surface area contributed by atoms with E-state index in [1.807, 2.05) is 12.3 Å². The first kappa shape index (κ1) is 14.0. The maximum absolute atomic E-state index is 4.56. The van der Waals surface area contributed by atoms with Crippen molar-refractivity contribution in [3.63, 3.8) is 0 Å². The number of nitrogens with zero attached hydrogens (tertiary/aromatic N) is 2. The van der Waals surface area contributed by atoms with Crippen LogP contribution in [0.25, 0.3) is 6.08 Å². The topological polar surface area (TPSA) is 16.1 Å². The van der Waals surface area contributed by atoms with Crippen LogP contribution in [-0.4, -0.2) is 23.0 Å². The average Bonchev–Trinajstić information content (AvgIpc) is 3.05. The van der Waals surface area contributed by atoms with Gasteiger partial charge in [-0.15, -0.1) is 0 Å². The molecule has 2 heteroatoms. The number of pyridine rings is 1. The highest BCUT2D eigenvalue weighted by Crippen LogP contribution is 2.25. The summed E-state index contributed by atoms with van der Waals surface area (Å²) in [5, 5.41) is 0. The van der Waals surface area contributed by atoms with E-state index in [0.29, 0.717) is 0 Å². The predicted octanol–water partition coefficient (Wildman–Crippen LogP) is 4.24. The first-order valence-corrected chi connectivity index (χ1v) is 7.73. The molecule has 3 rings (SSSR count). The van der Waals surface area contributed by atoms with Crippen LogP contribution in [0.5, 0.6) is 0 Å². The molecule has 2 heterocycles. The second-order valence-corrected chi connectivity index (χ2v) is 5.71. The van der Waals surface area contributed by atoms with Gasteiger partial charge in [-0.2, -0.15) is 0 Å². The van der Waals surface area contributed by atoms with Gasteiger partial charge in [-0.3, -0.25) is 9.88 Å². The Kier molecular flexibility index (Phi) is 4.46. The van der Waals surface area contributed by atoms with Gasteiger partial charge in [0.15, 0.2) is 0 Å². The number of benzene rings is 1. The van der Waals surface area contributed by atoms with Crippen molar-refractivity contribution in [3.05, 3.63) is 71.6 Å². The summed E-state index contributed by atoms with van der Waals surface area (Å²) in [6, 6.07) is 15.1. The molecule has 0 N–H and O–H groups in total. The highest BCUT2D eigenvalue weighted by Gasteiger charge is 2.21. The van der Waals surface area contributed by atoms with Crippen molar-refractivity contribution < 1.29 is 0 Å². The van der Waals surface area contributed by atoms with Crippen LogP contribution >= 0.6 is 0 Å². The fourth-order valence-corrected chi connectivity index (χ4v) is 2.86. The van der Waals surface area contributed by atoms with Crippen LogP contribution in [-0.2, 0) is 0 Å². The van der Waals surface area contributed by atoms with Crippen molar-refractivity contribution in [2.75, 3.05) is 13.1 Å². The highest BCUT2D eigenvalue weighted by molar-refractivity contribution is 5.50. The average molecular weight is 278 g/mol. The highest BCUT2D eigenvalue weighted by atomic mass is 15.2. The van der Waals surface area contributed by atoms with E-state index in [1.165, 1.54) is 37.1 Å². The second kappa shape index (κ2) is 6.68. The summed E-state index contributed by atoms with van der Waals surface area (Å²) in [5.41, 5.74) is 3.69. The molecule has 1 saturated heterocycles. The van der Waals surface area contributed by atoms with Gasteiger partial charge in [-0.1, -0.05) is 48.0 Å². The number of aromatic nitrogens is 1. The molecular formula is C19H22N2. The third-order valence-electron chi connectivity index (χ3n) is 4.07. The lowest BCUT2D eigenvalue weighted by molar-refractivity contribution is 0.284. The zero-order chi connectivity index (χ0) is 14.5. The van der Waals surface area contributed by atoms with Crippen LogP contribution in [0, 0.1) is 6.92 Å². The summed E-state index contributed by atoms with van der Waals surface area (Å²) in [7, 11) is 0. The van der Waals surface area contributed by atoms with Gasteiger partial charge in [0.2, 0.25) is 0 Å². The van der Waals surface area contributed by atoms with E-state index in [1.54, 1.807) is 0 Å². The van der Waals surface area contributed by atoms with Crippen LogP contribution in [0.2, 0.25) is 0 Å². The number of aryl methyl sites for hydroxylation is 1. The molecule has 0 radical (unpaired) electrons. The Balaban J connectivity index is 1.83. The Hall–Kier alpha value is -1.93. The minimum absolute atomic E-state index is 0.287. The summed E-state index contributed by atoms with van der Waals surface area (Å²) in [4.78, 5) is 7.08. The first-order valence-electron chi connectivity index (χ1n) is 7.73. The van der Waals surface area contributed by atoms with Gasteiger partial charge >= 0.3 is 0 Å². The van der Waals surface area contributed by atoms with Crippen molar-refractivity contribution in [2.45, 2.75) is 25.8 Å². The van der Waals surface area contributed by atoms with E-state index in [0.717, 1.165) is 5.69 Å². The van der Waals surface area contributed by atoms with Crippen molar-refractivity contribution in [1.29, 1.82) is 0 Å². The molecule has 1 atom stereocenters. The Morgan fingerprint density at radius 2 is 1.81 bits per heavy atom. The third kappa shape index (κ3) is 3.59. The van der Waals surface area contributed by atoms with E-state index in [9.17, 15) is 0 Å². The molecule has 2 nitrogen and oxygen atoms in total. The van der Waals surface area contributed by atoms with Gasteiger partial charge in [-0.25, -0.2) is 0 Å². The molecule has 1 aliphatic heterocycles. The maximum Gasteiger partial charge on any atom is 0.0709 e. The number of rotatable bonds is 4. The molecular weight excluding hydrogens is 256 g/mol. The van der Waals surface area contributed by atoms with E-state index < -0.39 is 0 Å². The molecule has 21 heavy (non-hydrogen) atoms. The minimum Gasteiger partial charge on any atom is -0.292 e. The number of hydrogen-bond donors (Lipinski definition) is 0. The molecule has 1 unspecified atom stereocenters. The van der Waals surface area contributed by atoms with Crippen LogP contribution < -0.4 is 0 Å². The SMILES string of the molecule is Cc1ccc(C=CC(c2ccccn2)N2CCCC2)cc1. The second-order valence-electron chi connectivity index (χ2n) is 5.71. The van der Waals surface area contributed by atoms with Crippen molar-refractivity contribution in [1.82, 2.24) is 9.88 Å². The Labute approximate surface area is 127 Å². The minimum atomic E-state index is 0.287. The van der Waals surface area contributed by atoms with E-state index >= 15 is 0 Å². The molecule has 0 spiro atoms. The molecule has 2 aromatic rings. The van der Waals surface area contributed by atoms with Crippen LogP contribution in [0.3, 0.4) is 0 Å². The lowest BCUT2D eigenvalue weighted by Gasteiger charge is -2.24. The molecule has 1 fully saturated rings. The van der Waals surface area contributed by atoms with Crippen LogP contribution in [0.1, 0.15) is 35.7 Å². The molecule has 108 valence electrons. The summed E-state index contributed by atoms with van der Waals surface area (Å²) in [6.07, 6.45) is 8.98. The van der Waals surface area contributed by atoms with Gasteiger partial charge in [-0.05, 0) is 50.6 Å². The Morgan fingerprint density at radius 1 is 1.05 bits per heavy atom. The molecule has 1 aromatic carbocycles. The summed E-state index contributed by atoms with van der Waals surface area (Å²) in [6.45, 7) is 4.45. The summed E-state index contributed by atoms with van der Waals surface area (Å²) in [5.74, 6) is 0. The lowest BCUT2D eigenvalue weighted by Crippen LogP contribution is -2.24. The maximum atomic E-state index is 4.56. The van der Waals surface area contributed by atoms with Gasteiger partial charge in [0, 0.05) is 6.20 Å². The summed E-state index contributed by atoms with van der Waals surface area (Å²) >= 11 is 0.